The van der Waals surface area contributed by atoms with Crippen LogP contribution in [-0.4, -0.2) is 23.3 Å². The number of hydrogen-bond acceptors (Lipinski definition) is 3. The summed E-state index contributed by atoms with van der Waals surface area (Å²) in [6, 6.07) is 19.0. The largest absolute Gasteiger partial charge is 0.348 e. The van der Waals surface area contributed by atoms with E-state index in [2.05, 4.69) is 10.3 Å². The van der Waals surface area contributed by atoms with E-state index < -0.39 is 0 Å². The molecular formula is C23H23N3O2. The molecule has 0 fully saturated rings. The molecule has 2 amide bonds. The van der Waals surface area contributed by atoms with Gasteiger partial charge < -0.3 is 10.2 Å². The van der Waals surface area contributed by atoms with Crippen molar-refractivity contribution in [1.82, 2.24) is 10.3 Å². The Kier molecular flexibility index (Phi) is 6.17. The smallest absolute Gasteiger partial charge is 0.259 e. The second kappa shape index (κ2) is 8.95. The van der Waals surface area contributed by atoms with Gasteiger partial charge >= 0.3 is 0 Å². The number of aryl methyl sites for hydroxylation is 1. The van der Waals surface area contributed by atoms with Crippen LogP contribution in [0.2, 0.25) is 0 Å². The number of carbonyl (C=O) groups is 2. The highest BCUT2D eigenvalue weighted by molar-refractivity contribution is 6.07. The predicted molar refractivity (Wildman–Crippen MR) is 110 cm³/mol. The lowest BCUT2D eigenvalue weighted by molar-refractivity contribution is 0.0950. The van der Waals surface area contributed by atoms with E-state index in [1.165, 1.54) is 12.4 Å². The molecule has 1 N–H and O–H groups in total. The first kappa shape index (κ1) is 19.3. The Morgan fingerprint density at radius 1 is 0.964 bits per heavy atom. The maximum absolute atomic E-state index is 12.9. The predicted octanol–water partition coefficient (Wildman–Crippen LogP) is 3.99. The van der Waals surface area contributed by atoms with Crippen LogP contribution in [-0.2, 0) is 6.54 Å². The average molecular weight is 373 g/mol. The van der Waals surface area contributed by atoms with Crippen LogP contribution in [0.25, 0.3) is 0 Å². The minimum absolute atomic E-state index is 0.186. The number of benzene rings is 2. The van der Waals surface area contributed by atoms with Gasteiger partial charge in [0.2, 0.25) is 0 Å². The molecule has 5 heteroatoms. The first-order valence-electron chi connectivity index (χ1n) is 9.24. The summed E-state index contributed by atoms with van der Waals surface area (Å²) in [5.41, 5.74) is 3.72. The second-order valence-electron chi connectivity index (χ2n) is 6.52. The summed E-state index contributed by atoms with van der Waals surface area (Å²) in [7, 11) is 0. The normalized spacial score (nSPS) is 10.4. The maximum Gasteiger partial charge on any atom is 0.259 e. The van der Waals surface area contributed by atoms with Crippen LogP contribution < -0.4 is 10.2 Å². The molecule has 0 unspecified atom stereocenters. The van der Waals surface area contributed by atoms with Crippen molar-refractivity contribution >= 4 is 17.5 Å². The summed E-state index contributed by atoms with van der Waals surface area (Å²) < 4.78 is 0. The molecule has 0 spiro atoms. The summed E-state index contributed by atoms with van der Waals surface area (Å²) in [5.74, 6) is -0.444. The molecule has 0 radical (unpaired) electrons. The van der Waals surface area contributed by atoms with Gasteiger partial charge in [-0.25, -0.2) is 0 Å². The van der Waals surface area contributed by atoms with Crippen molar-refractivity contribution < 1.29 is 9.59 Å². The lowest BCUT2D eigenvalue weighted by atomic mass is 10.1. The summed E-state index contributed by atoms with van der Waals surface area (Å²) in [4.78, 5) is 31.2. The SMILES string of the molecule is CCN(C(=O)c1cncc(C(=O)NCc2cccc(C)c2)c1)c1ccccc1. The van der Waals surface area contributed by atoms with Crippen LogP contribution in [0.4, 0.5) is 5.69 Å². The maximum atomic E-state index is 12.9. The molecular weight excluding hydrogens is 350 g/mol. The summed E-state index contributed by atoms with van der Waals surface area (Å²) in [6.45, 7) is 4.86. The third-order valence-corrected chi connectivity index (χ3v) is 4.41. The Balaban J connectivity index is 1.74. The second-order valence-corrected chi connectivity index (χ2v) is 6.52. The highest BCUT2D eigenvalue weighted by Gasteiger charge is 2.18. The van der Waals surface area contributed by atoms with Gasteiger partial charge in [0.25, 0.3) is 11.8 Å². The fourth-order valence-corrected chi connectivity index (χ4v) is 2.99. The van der Waals surface area contributed by atoms with Crippen LogP contribution in [0.1, 0.15) is 38.8 Å². The molecule has 2 aromatic carbocycles. The fraction of sp³-hybridized carbons (Fsp3) is 0.174. The Labute approximate surface area is 165 Å². The monoisotopic (exact) mass is 373 g/mol. The number of amides is 2. The molecule has 1 heterocycles. The van der Waals surface area contributed by atoms with Crippen molar-refractivity contribution in [2.75, 3.05) is 11.4 Å². The lowest BCUT2D eigenvalue weighted by Crippen LogP contribution is -2.31. The molecule has 0 saturated carbocycles. The van der Waals surface area contributed by atoms with Gasteiger partial charge in [0, 0.05) is 31.2 Å². The van der Waals surface area contributed by atoms with Gasteiger partial charge in [-0.15, -0.1) is 0 Å². The van der Waals surface area contributed by atoms with Gasteiger partial charge in [-0.2, -0.15) is 0 Å². The number of para-hydroxylation sites is 1. The number of nitrogens with one attached hydrogen (secondary N) is 1. The standard InChI is InChI=1S/C23H23N3O2/c1-3-26(21-10-5-4-6-11-21)23(28)20-13-19(15-24-16-20)22(27)25-14-18-9-7-8-17(2)12-18/h4-13,15-16H,3,14H2,1-2H3,(H,25,27). The van der Waals surface area contributed by atoms with E-state index in [0.717, 1.165) is 16.8 Å². The molecule has 3 aromatic rings. The Morgan fingerprint density at radius 3 is 2.43 bits per heavy atom. The molecule has 0 aliphatic carbocycles. The molecule has 0 bridgehead atoms. The lowest BCUT2D eigenvalue weighted by Gasteiger charge is -2.21. The average Bonchev–Trinajstić information content (AvgIpc) is 2.73. The van der Waals surface area contributed by atoms with Crippen molar-refractivity contribution in [3.05, 3.63) is 95.3 Å². The fourth-order valence-electron chi connectivity index (χ4n) is 2.99. The van der Waals surface area contributed by atoms with Crippen molar-refractivity contribution in [2.24, 2.45) is 0 Å². The first-order chi connectivity index (χ1) is 13.6. The van der Waals surface area contributed by atoms with E-state index in [9.17, 15) is 9.59 Å². The molecule has 142 valence electrons. The Morgan fingerprint density at radius 2 is 1.71 bits per heavy atom. The van der Waals surface area contributed by atoms with E-state index in [1.807, 2.05) is 68.4 Å². The van der Waals surface area contributed by atoms with Gasteiger partial charge in [0.15, 0.2) is 0 Å². The third-order valence-electron chi connectivity index (χ3n) is 4.41. The number of pyridine rings is 1. The number of rotatable bonds is 6. The highest BCUT2D eigenvalue weighted by atomic mass is 16.2. The van der Waals surface area contributed by atoms with E-state index in [4.69, 9.17) is 0 Å². The summed E-state index contributed by atoms with van der Waals surface area (Å²) >= 11 is 0. The van der Waals surface area contributed by atoms with Crippen LogP contribution in [0.3, 0.4) is 0 Å². The molecule has 0 saturated heterocycles. The van der Waals surface area contributed by atoms with E-state index in [1.54, 1.807) is 11.0 Å². The van der Waals surface area contributed by atoms with Gasteiger partial charge in [-0.1, -0.05) is 48.0 Å². The zero-order valence-corrected chi connectivity index (χ0v) is 16.1. The number of anilines is 1. The van der Waals surface area contributed by atoms with Gasteiger partial charge in [-0.05, 0) is 37.6 Å². The van der Waals surface area contributed by atoms with Crippen molar-refractivity contribution in [3.63, 3.8) is 0 Å². The first-order valence-corrected chi connectivity index (χ1v) is 9.24. The molecule has 0 aliphatic heterocycles. The van der Waals surface area contributed by atoms with Gasteiger partial charge in [0.05, 0.1) is 11.1 Å². The minimum Gasteiger partial charge on any atom is -0.348 e. The third kappa shape index (κ3) is 4.62. The topological polar surface area (TPSA) is 62.3 Å². The van der Waals surface area contributed by atoms with E-state index in [-0.39, 0.29) is 11.8 Å². The molecule has 3 rings (SSSR count). The van der Waals surface area contributed by atoms with Crippen LogP contribution in [0.15, 0.2) is 73.1 Å². The van der Waals surface area contributed by atoms with Crippen molar-refractivity contribution in [3.8, 4) is 0 Å². The number of nitrogens with zero attached hydrogens (tertiary/aromatic N) is 2. The molecule has 0 atom stereocenters. The number of carbonyl (C=O) groups excluding carboxylic acids is 2. The van der Waals surface area contributed by atoms with Gasteiger partial charge in [-0.3, -0.25) is 14.6 Å². The molecule has 0 aliphatic rings. The van der Waals surface area contributed by atoms with Crippen LogP contribution >= 0.6 is 0 Å². The van der Waals surface area contributed by atoms with Crippen molar-refractivity contribution in [2.45, 2.75) is 20.4 Å². The van der Waals surface area contributed by atoms with Gasteiger partial charge in [0.1, 0.15) is 0 Å². The quantitative estimate of drug-likeness (QED) is 0.711. The van der Waals surface area contributed by atoms with Crippen molar-refractivity contribution in [1.29, 1.82) is 0 Å². The minimum atomic E-state index is -0.258. The highest BCUT2D eigenvalue weighted by Crippen LogP contribution is 2.17. The molecule has 28 heavy (non-hydrogen) atoms. The van der Waals surface area contributed by atoms with Crippen LogP contribution in [0.5, 0.6) is 0 Å². The molecule has 1 aromatic heterocycles. The van der Waals surface area contributed by atoms with Crippen LogP contribution in [0, 0.1) is 6.92 Å². The Hall–Kier alpha value is -3.47. The number of hydrogen-bond donors (Lipinski definition) is 1. The summed E-state index contributed by atoms with van der Waals surface area (Å²) in [6.07, 6.45) is 2.96. The summed E-state index contributed by atoms with van der Waals surface area (Å²) in [5, 5.41) is 2.88. The molecule has 5 nitrogen and oxygen atoms in total. The number of aromatic nitrogens is 1. The zero-order valence-electron chi connectivity index (χ0n) is 16.1. The zero-order chi connectivity index (χ0) is 19.9. The van der Waals surface area contributed by atoms with E-state index >= 15 is 0 Å². The van der Waals surface area contributed by atoms with E-state index in [0.29, 0.717) is 24.2 Å². The Bertz CT molecular complexity index is 970.